The van der Waals surface area contributed by atoms with Crippen LogP contribution in [0.4, 0.5) is 0 Å². The monoisotopic (exact) mass is 863 g/mol. The van der Waals surface area contributed by atoms with E-state index in [9.17, 15) is 14.4 Å². The van der Waals surface area contributed by atoms with Crippen LogP contribution in [0.3, 0.4) is 0 Å². The highest BCUT2D eigenvalue weighted by Crippen LogP contribution is 2.13. The molecule has 0 rings (SSSR count). The Balaban J connectivity index is 4.44. The fraction of sp³-hybridized carbons (Fsp3) is 0.696. The third kappa shape index (κ3) is 47.6. The van der Waals surface area contributed by atoms with Crippen LogP contribution in [0, 0.1) is 0 Å². The average molecular weight is 863 g/mol. The molecular weight excluding hydrogens is 769 g/mol. The molecule has 1 atom stereocenters. The van der Waals surface area contributed by atoms with Crippen LogP contribution in [0.15, 0.2) is 85.1 Å². The van der Waals surface area contributed by atoms with Gasteiger partial charge in [-0.25, -0.2) is 0 Å². The zero-order valence-corrected chi connectivity index (χ0v) is 40.4. The molecule has 6 heteroatoms. The van der Waals surface area contributed by atoms with Crippen molar-refractivity contribution in [3.8, 4) is 0 Å². The van der Waals surface area contributed by atoms with Crippen molar-refractivity contribution in [2.24, 2.45) is 0 Å². The number of carbonyl (C=O) groups excluding carboxylic acids is 3. The maximum absolute atomic E-state index is 12.8. The maximum atomic E-state index is 12.8. The van der Waals surface area contributed by atoms with Gasteiger partial charge in [0.05, 0.1) is 0 Å². The SMILES string of the molecule is CC/C=C\C/C=C\C/C=C\C/C=C\CCCCCC(=O)OC(COC(=O)CCCCCC/C=C\CCCC)COC(=O)CCCCCCC/C=C\C=C/CCCCCCCCC. The number of allylic oxidation sites excluding steroid dienone is 14. The first-order valence-electron chi connectivity index (χ1n) is 25.6. The van der Waals surface area contributed by atoms with Gasteiger partial charge in [0.15, 0.2) is 6.10 Å². The Morgan fingerprint density at radius 2 is 0.694 bits per heavy atom. The molecule has 0 aliphatic carbocycles. The zero-order valence-electron chi connectivity index (χ0n) is 40.4. The number of hydrogen-bond acceptors (Lipinski definition) is 6. The second-order valence-electron chi connectivity index (χ2n) is 16.7. The fourth-order valence-corrected chi connectivity index (χ4v) is 6.76. The molecule has 0 saturated carbocycles. The largest absolute Gasteiger partial charge is 0.462 e. The van der Waals surface area contributed by atoms with E-state index in [-0.39, 0.29) is 37.5 Å². The number of esters is 3. The Hall–Kier alpha value is -3.41. The lowest BCUT2D eigenvalue weighted by Crippen LogP contribution is -2.30. The molecule has 0 aliphatic rings. The van der Waals surface area contributed by atoms with Crippen molar-refractivity contribution in [2.75, 3.05) is 13.2 Å². The van der Waals surface area contributed by atoms with Gasteiger partial charge < -0.3 is 14.2 Å². The molecule has 0 fully saturated rings. The molecule has 62 heavy (non-hydrogen) atoms. The Kier molecular flexibility index (Phi) is 47.5. The van der Waals surface area contributed by atoms with Crippen LogP contribution >= 0.6 is 0 Å². The van der Waals surface area contributed by atoms with E-state index in [0.717, 1.165) is 128 Å². The summed E-state index contributed by atoms with van der Waals surface area (Å²) in [6, 6.07) is 0. The van der Waals surface area contributed by atoms with Crippen LogP contribution in [0.2, 0.25) is 0 Å². The van der Waals surface area contributed by atoms with Crippen molar-refractivity contribution in [3.63, 3.8) is 0 Å². The van der Waals surface area contributed by atoms with Crippen molar-refractivity contribution >= 4 is 17.9 Å². The summed E-state index contributed by atoms with van der Waals surface area (Å²) in [5.74, 6) is -0.964. The van der Waals surface area contributed by atoms with Crippen molar-refractivity contribution in [1.29, 1.82) is 0 Å². The van der Waals surface area contributed by atoms with Gasteiger partial charge in [0.1, 0.15) is 13.2 Å². The second kappa shape index (κ2) is 50.2. The number of hydrogen-bond donors (Lipinski definition) is 0. The Morgan fingerprint density at radius 1 is 0.355 bits per heavy atom. The van der Waals surface area contributed by atoms with E-state index >= 15 is 0 Å². The first-order chi connectivity index (χ1) is 30.5. The molecule has 0 heterocycles. The maximum Gasteiger partial charge on any atom is 0.306 e. The number of unbranched alkanes of at least 4 members (excludes halogenated alkanes) is 21. The van der Waals surface area contributed by atoms with Crippen molar-refractivity contribution in [2.45, 2.75) is 239 Å². The summed E-state index contributed by atoms with van der Waals surface area (Å²) in [5, 5.41) is 0. The van der Waals surface area contributed by atoms with Gasteiger partial charge in [-0.15, -0.1) is 0 Å². The van der Waals surface area contributed by atoms with Crippen LogP contribution < -0.4 is 0 Å². The molecule has 1 unspecified atom stereocenters. The molecule has 0 spiro atoms. The minimum atomic E-state index is -0.803. The lowest BCUT2D eigenvalue weighted by molar-refractivity contribution is -0.167. The predicted molar refractivity (Wildman–Crippen MR) is 265 cm³/mol. The first-order valence-corrected chi connectivity index (χ1v) is 25.6. The molecule has 0 saturated heterocycles. The van der Waals surface area contributed by atoms with Crippen LogP contribution in [0.1, 0.15) is 233 Å². The number of rotatable bonds is 45. The lowest BCUT2D eigenvalue weighted by Gasteiger charge is -2.18. The molecule has 0 aromatic carbocycles. The fourth-order valence-electron chi connectivity index (χ4n) is 6.76. The Labute approximate surface area is 382 Å². The van der Waals surface area contributed by atoms with E-state index < -0.39 is 6.10 Å². The lowest BCUT2D eigenvalue weighted by atomic mass is 10.1. The van der Waals surface area contributed by atoms with Gasteiger partial charge >= 0.3 is 17.9 Å². The average Bonchev–Trinajstić information content (AvgIpc) is 3.27. The summed E-state index contributed by atoms with van der Waals surface area (Å²) in [4.78, 5) is 37.9. The summed E-state index contributed by atoms with van der Waals surface area (Å²) < 4.78 is 16.7. The molecule has 0 aliphatic heterocycles. The number of ether oxygens (including phenoxy) is 3. The third-order valence-corrected chi connectivity index (χ3v) is 10.6. The van der Waals surface area contributed by atoms with E-state index in [1.807, 2.05) is 0 Å². The molecule has 0 aromatic rings. The van der Waals surface area contributed by atoms with E-state index in [0.29, 0.717) is 12.8 Å². The molecule has 0 amide bonds. The highest BCUT2D eigenvalue weighted by atomic mass is 16.6. The van der Waals surface area contributed by atoms with Gasteiger partial charge in [-0.1, -0.05) is 196 Å². The van der Waals surface area contributed by atoms with Crippen LogP contribution in [0.5, 0.6) is 0 Å². The van der Waals surface area contributed by atoms with Gasteiger partial charge in [-0.05, 0) is 103 Å². The normalized spacial score (nSPS) is 12.8. The zero-order chi connectivity index (χ0) is 45.1. The van der Waals surface area contributed by atoms with Gasteiger partial charge in [0, 0.05) is 19.3 Å². The summed E-state index contributed by atoms with van der Waals surface area (Å²) in [6.07, 6.45) is 64.3. The summed E-state index contributed by atoms with van der Waals surface area (Å²) in [6.45, 7) is 6.42. The Bertz CT molecular complexity index is 1220. The highest BCUT2D eigenvalue weighted by Gasteiger charge is 2.19. The summed E-state index contributed by atoms with van der Waals surface area (Å²) >= 11 is 0. The smallest absolute Gasteiger partial charge is 0.306 e. The van der Waals surface area contributed by atoms with E-state index in [1.165, 1.54) is 64.2 Å². The predicted octanol–water partition coefficient (Wildman–Crippen LogP) is 16.8. The minimum Gasteiger partial charge on any atom is -0.462 e. The topological polar surface area (TPSA) is 78.9 Å². The Morgan fingerprint density at radius 3 is 1.16 bits per heavy atom. The standard InChI is InChI=1S/C56H94O6/c1-4-7-10-13-16-19-22-24-26-28-29-31-32-34-37-40-43-46-49-55(58)61-52-53(51-60-54(57)48-45-42-39-36-21-18-15-12-9-6-3)62-56(59)50-47-44-41-38-35-33-30-27-25-23-20-17-14-11-8-5-2/h8,11,15,17-18,20,25-29,31,33,35,53H,4-7,9-10,12-14,16,19,21-24,30,32,34,36-52H2,1-3H3/b11-8-,18-15-,20-17-,27-25-,28-26-,31-29-,35-33-. The van der Waals surface area contributed by atoms with Gasteiger partial charge in [-0.3, -0.25) is 14.4 Å². The van der Waals surface area contributed by atoms with Crippen LogP contribution in [-0.4, -0.2) is 37.2 Å². The van der Waals surface area contributed by atoms with Crippen LogP contribution in [-0.2, 0) is 28.6 Å². The molecule has 354 valence electrons. The second-order valence-corrected chi connectivity index (χ2v) is 16.7. The van der Waals surface area contributed by atoms with Gasteiger partial charge in [0.25, 0.3) is 0 Å². The molecule has 0 bridgehead atoms. The highest BCUT2D eigenvalue weighted by molar-refractivity contribution is 5.71. The van der Waals surface area contributed by atoms with Gasteiger partial charge in [-0.2, -0.15) is 0 Å². The van der Waals surface area contributed by atoms with Crippen molar-refractivity contribution in [1.82, 2.24) is 0 Å². The molecule has 0 N–H and O–H groups in total. The van der Waals surface area contributed by atoms with E-state index in [4.69, 9.17) is 14.2 Å². The first kappa shape index (κ1) is 58.6. The quantitative estimate of drug-likeness (QED) is 0.0199. The van der Waals surface area contributed by atoms with Crippen molar-refractivity contribution in [3.05, 3.63) is 85.1 Å². The summed E-state index contributed by atoms with van der Waals surface area (Å²) in [5.41, 5.74) is 0. The third-order valence-electron chi connectivity index (χ3n) is 10.6. The number of carbonyl (C=O) groups is 3. The molecule has 0 radical (unpaired) electrons. The molecular formula is C56H94O6. The summed E-state index contributed by atoms with van der Waals surface area (Å²) in [7, 11) is 0. The van der Waals surface area contributed by atoms with E-state index in [1.54, 1.807) is 0 Å². The molecule has 6 nitrogen and oxygen atoms in total. The minimum absolute atomic E-state index is 0.102. The van der Waals surface area contributed by atoms with Gasteiger partial charge in [0.2, 0.25) is 0 Å². The van der Waals surface area contributed by atoms with Crippen LogP contribution in [0.25, 0.3) is 0 Å². The van der Waals surface area contributed by atoms with Crippen molar-refractivity contribution < 1.29 is 28.6 Å². The van der Waals surface area contributed by atoms with E-state index in [2.05, 4.69) is 106 Å². The molecule has 0 aromatic heterocycles.